The SMILES string of the molecule is O=C(NC1CCC(NC(=O)c2cc(F)cnc2Oc2cccc(-c3ccc(CCCNCCCO)cc3)c2)CC1)c1cc2n(n1)CCCC2. The van der Waals surface area contributed by atoms with E-state index in [0.717, 1.165) is 87.2 Å². The highest BCUT2D eigenvalue weighted by molar-refractivity contribution is 5.96. The minimum absolute atomic E-state index is 0.00251. The maximum Gasteiger partial charge on any atom is 0.272 e. The van der Waals surface area contributed by atoms with Crippen molar-refractivity contribution >= 4 is 11.8 Å². The van der Waals surface area contributed by atoms with Gasteiger partial charge in [0.05, 0.1) is 6.20 Å². The van der Waals surface area contributed by atoms with Gasteiger partial charge in [0.2, 0.25) is 5.88 Å². The molecule has 4 aromatic rings. The molecule has 2 aromatic carbocycles. The molecule has 1 aliphatic carbocycles. The van der Waals surface area contributed by atoms with Crippen molar-refractivity contribution in [3.8, 4) is 22.8 Å². The molecule has 0 bridgehead atoms. The summed E-state index contributed by atoms with van der Waals surface area (Å²) in [7, 11) is 0. The van der Waals surface area contributed by atoms with Crippen LogP contribution in [0.1, 0.15) is 83.5 Å². The Hall–Kier alpha value is -4.61. The number of hydrogen-bond donors (Lipinski definition) is 4. The van der Waals surface area contributed by atoms with Gasteiger partial charge < -0.3 is 25.8 Å². The van der Waals surface area contributed by atoms with Gasteiger partial charge in [-0.2, -0.15) is 5.10 Å². The third-order valence-corrected chi connectivity index (χ3v) is 9.28. The number of aliphatic hydroxyl groups is 1. The molecule has 0 unspecified atom stereocenters. The Morgan fingerprint density at radius 2 is 1.65 bits per heavy atom. The second kappa shape index (κ2) is 16.7. The number of amides is 2. The topological polar surface area (TPSA) is 130 Å². The number of pyridine rings is 1. The van der Waals surface area contributed by atoms with Crippen LogP contribution in [-0.4, -0.2) is 63.5 Å². The lowest BCUT2D eigenvalue weighted by molar-refractivity contribution is 0.0887. The normalized spacial score (nSPS) is 17.3. The number of carbonyl (C=O) groups is 2. The van der Waals surface area contributed by atoms with Crippen molar-refractivity contribution in [1.29, 1.82) is 0 Å². The molecule has 0 radical (unpaired) electrons. The van der Waals surface area contributed by atoms with E-state index >= 15 is 0 Å². The number of ether oxygens (including phenoxy) is 1. The Kier molecular flexibility index (Phi) is 11.7. The van der Waals surface area contributed by atoms with Crippen molar-refractivity contribution in [3.63, 3.8) is 0 Å². The van der Waals surface area contributed by atoms with Crippen LogP contribution in [0.2, 0.25) is 0 Å². The zero-order chi connectivity index (χ0) is 34.0. The molecule has 10 nitrogen and oxygen atoms in total. The molecular weight excluding hydrogens is 623 g/mol. The molecule has 2 amide bonds. The number of nitrogens with one attached hydrogen (secondary N) is 3. The summed E-state index contributed by atoms with van der Waals surface area (Å²) in [6, 6.07) is 18.8. The molecule has 4 N–H and O–H groups in total. The van der Waals surface area contributed by atoms with Crippen LogP contribution in [0.15, 0.2) is 66.9 Å². The smallest absolute Gasteiger partial charge is 0.272 e. The average molecular weight is 669 g/mol. The maximum atomic E-state index is 14.3. The predicted octanol–water partition coefficient (Wildman–Crippen LogP) is 5.59. The van der Waals surface area contributed by atoms with Crippen LogP contribution in [0, 0.1) is 5.82 Å². The summed E-state index contributed by atoms with van der Waals surface area (Å²) >= 11 is 0. The summed E-state index contributed by atoms with van der Waals surface area (Å²) in [5.74, 6) is -0.715. The number of hydrogen-bond acceptors (Lipinski definition) is 7. The molecule has 2 aromatic heterocycles. The highest BCUT2D eigenvalue weighted by Crippen LogP contribution is 2.29. The number of carbonyl (C=O) groups excluding carboxylic acids is 2. The zero-order valence-electron chi connectivity index (χ0n) is 27.8. The zero-order valence-corrected chi connectivity index (χ0v) is 27.8. The fourth-order valence-corrected chi connectivity index (χ4v) is 6.57. The van der Waals surface area contributed by atoms with Gasteiger partial charge in [-0.05, 0) is 118 Å². The molecule has 49 heavy (non-hydrogen) atoms. The first-order valence-corrected chi connectivity index (χ1v) is 17.5. The van der Waals surface area contributed by atoms with Gasteiger partial charge in [0.1, 0.15) is 22.8 Å². The summed E-state index contributed by atoms with van der Waals surface area (Å²) in [5, 5.41) is 22.8. The number of benzene rings is 2. The van der Waals surface area contributed by atoms with Crippen LogP contribution in [0.5, 0.6) is 11.6 Å². The number of aliphatic hydroxyl groups excluding tert-OH is 1. The maximum absolute atomic E-state index is 14.3. The van der Waals surface area contributed by atoms with E-state index in [1.54, 1.807) is 6.07 Å². The van der Waals surface area contributed by atoms with Crippen LogP contribution < -0.4 is 20.7 Å². The molecule has 0 saturated heterocycles. The molecule has 6 rings (SSSR count). The number of fused-ring (bicyclic) bond motifs is 1. The van der Waals surface area contributed by atoms with E-state index in [2.05, 4.69) is 50.3 Å². The summed E-state index contributed by atoms with van der Waals surface area (Å²) in [4.78, 5) is 30.4. The van der Waals surface area contributed by atoms with E-state index in [4.69, 9.17) is 9.84 Å². The summed E-state index contributed by atoms with van der Waals surface area (Å²) in [6.07, 6.45) is 9.73. The molecule has 0 spiro atoms. The Morgan fingerprint density at radius 1 is 0.898 bits per heavy atom. The van der Waals surface area contributed by atoms with Gasteiger partial charge in [-0.3, -0.25) is 14.3 Å². The fourth-order valence-electron chi connectivity index (χ4n) is 6.57. The first-order valence-electron chi connectivity index (χ1n) is 17.5. The first kappa shape index (κ1) is 34.3. The van der Waals surface area contributed by atoms with Crippen molar-refractivity contribution in [2.24, 2.45) is 0 Å². The predicted molar refractivity (Wildman–Crippen MR) is 185 cm³/mol. The first-order chi connectivity index (χ1) is 23.9. The molecule has 3 heterocycles. The van der Waals surface area contributed by atoms with Crippen LogP contribution >= 0.6 is 0 Å². The van der Waals surface area contributed by atoms with Gasteiger partial charge in [0, 0.05) is 30.9 Å². The number of rotatable bonds is 14. The molecule has 2 aliphatic rings. The lowest BCUT2D eigenvalue weighted by Crippen LogP contribution is -2.44. The molecule has 1 saturated carbocycles. The second-order valence-electron chi connectivity index (χ2n) is 13.0. The average Bonchev–Trinajstić information content (AvgIpc) is 3.57. The summed E-state index contributed by atoms with van der Waals surface area (Å²) in [5.41, 5.74) is 4.82. The van der Waals surface area contributed by atoms with Gasteiger partial charge in [-0.25, -0.2) is 9.37 Å². The molecule has 1 fully saturated rings. The van der Waals surface area contributed by atoms with E-state index in [-0.39, 0.29) is 36.0 Å². The van der Waals surface area contributed by atoms with Crippen LogP contribution in [0.4, 0.5) is 4.39 Å². The van der Waals surface area contributed by atoms with E-state index in [9.17, 15) is 14.0 Å². The molecule has 0 atom stereocenters. The minimum Gasteiger partial charge on any atom is -0.438 e. The van der Waals surface area contributed by atoms with Crippen LogP contribution in [0.25, 0.3) is 11.1 Å². The lowest BCUT2D eigenvalue weighted by Gasteiger charge is -2.29. The molecule has 1 aliphatic heterocycles. The van der Waals surface area contributed by atoms with Gasteiger partial charge in [0.15, 0.2) is 0 Å². The lowest BCUT2D eigenvalue weighted by atomic mass is 9.91. The van der Waals surface area contributed by atoms with Crippen molar-refractivity contribution in [3.05, 3.63) is 95.2 Å². The monoisotopic (exact) mass is 668 g/mol. The van der Waals surface area contributed by atoms with Gasteiger partial charge in [-0.1, -0.05) is 36.4 Å². The number of aryl methyl sites for hydroxylation is 3. The fraction of sp³-hybridized carbons (Fsp3) is 0.421. The highest BCUT2D eigenvalue weighted by Gasteiger charge is 2.27. The third kappa shape index (κ3) is 9.30. The van der Waals surface area contributed by atoms with Gasteiger partial charge in [0.25, 0.3) is 11.8 Å². The molecule has 11 heteroatoms. The molecular formula is C38H45FN6O4. The van der Waals surface area contributed by atoms with E-state index in [0.29, 0.717) is 37.1 Å². The number of nitrogens with zero attached hydrogens (tertiary/aromatic N) is 3. The van der Waals surface area contributed by atoms with Gasteiger partial charge >= 0.3 is 0 Å². The largest absolute Gasteiger partial charge is 0.438 e. The van der Waals surface area contributed by atoms with Crippen molar-refractivity contribution in [1.82, 2.24) is 30.7 Å². The van der Waals surface area contributed by atoms with Gasteiger partial charge in [-0.15, -0.1) is 0 Å². The van der Waals surface area contributed by atoms with Crippen molar-refractivity contribution in [2.75, 3.05) is 19.7 Å². The van der Waals surface area contributed by atoms with Crippen molar-refractivity contribution < 1.29 is 23.8 Å². The Bertz CT molecular complexity index is 1690. The number of aromatic nitrogens is 3. The standard InChI is InChI=1S/C38H45FN6O4/c39-29-23-34(36(47)42-30-14-16-31(17-15-30)43-37(48)35-24-32-8-1-2-20-45(32)44-35)38(41-25-29)49-33-9-3-7-28(22-33)27-12-10-26(11-13-27)6-4-18-40-19-5-21-46/h3,7,9-13,22-25,30-31,40,46H,1-2,4-6,8,14-21H2,(H,42,47)(H,43,48). The summed E-state index contributed by atoms with van der Waals surface area (Å²) in [6.45, 7) is 2.80. The van der Waals surface area contributed by atoms with Crippen molar-refractivity contribution in [2.45, 2.75) is 82.8 Å². The quantitative estimate of drug-likeness (QED) is 0.129. The summed E-state index contributed by atoms with van der Waals surface area (Å²) < 4.78 is 22.3. The Morgan fingerprint density at radius 3 is 2.41 bits per heavy atom. The Labute approximate surface area is 286 Å². The Balaban J connectivity index is 1.02. The van der Waals surface area contributed by atoms with E-state index in [1.165, 1.54) is 5.56 Å². The van der Waals surface area contributed by atoms with E-state index in [1.807, 2.05) is 28.9 Å². The third-order valence-electron chi connectivity index (χ3n) is 9.28. The number of halogens is 1. The van der Waals surface area contributed by atoms with E-state index < -0.39 is 11.7 Å². The highest BCUT2D eigenvalue weighted by atomic mass is 19.1. The van der Waals surface area contributed by atoms with Crippen LogP contribution in [0.3, 0.4) is 0 Å². The minimum atomic E-state index is -0.625. The van der Waals surface area contributed by atoms with Crippen LogP contribution in [-0.2, 0) is 19.4 Å². The molecule has 258 valence electrons. The second-order valence-corrected chi connectivity index (χ2v) is 13.0.